The number of nitrogens with zero attached hydrogens (tertiary/aromatic N) is 1. The van der Waals surface area contributed by atoms with Crippen molar-refractivity contribution >= 4 is 0 Å². The summed E-state index contributed by atoms with van der Waals surface area (Å²) < 4.78 is 0. The van der Waals surface area contributed by atoms with E-state index in [1.807, 2.05) is 0 Å². The SMILES string of the molecule is C1CC(C2CCN(CC3CC3)CC2)CN1. The highest BCUT2D eigenvalue weighted by atomic mass is 15.1. The zero-order valence-electron chi connectivity index (χ0n) is 9.75. The lowest BCUT2D eigenvalue weighted by molar-refractivity contribution is 0.148. The van der Waals surface area contributed by atoms with E-state index in [2.05, 4.69) is 10.2 Å². The van der Waals surface area contributed by atoms with Crippen molar-refractivity contribution < 1.29 is 0 Å². The Bertz CT molecular complexity index is 199. The standard InChI is InChI=1S/C13H24N2/c1-2-11(1)10-15-7-4-12(5-8-15)13-3-6-14-9-13/h11-14H,1-10H2. The van der Waals surface area contributed by atoms with Crippen LogP contribution in [0.1, 0.15) is 32.1 Å². The summed E-state index contributed by atoms with van der Waals surface area (Å²) in [6.45, 7) is 6.76. The quantitative estimate of drug-likeness (QED) is 0.759. The first-order valence-corrected chi connectivity index (χ1v) is 6.85. The zero-order valence-corrected chi connectivity index (χ0v) is 9.75. The van der Waals surface area contributed by atoms with Crippen LogP contribution in [-0.2, 0) is 0 Å². The molecule has 0 bridgehead atoms. The first-order valence-electron chi connectivity index (χ1n) is 6.85. The molecule has 0 aromatic rings. The van der Waals surface area contributed by atoms with Gasteiger partial charge >= 0.3 is 0 Å². The molecule has 2 aliphatic heterocycles. The Labute approximate surface area is 93.4 Å². The Morgan fingerprint density at radius 1 is 0.933 bits per heavy atom. The molecule has 2 heterocycles. The molecule has 86 valence electrons. The van der Waals surface area contributed by atoms with Crippen LogP contribution in [0.5, 0.6) is 0 Å². The molecule has 0 aromatic heterocycles. The molecule has 3 aliphatic rings. The molecule has 2 saturated heterocycles. The second kappa shape index (κ2) is 4.42. The summed E-state index contributed by atoms with van der Waals surface area (Å²) in [5.41, 5.74) is 0. The number of hydrogen-bond donors (Lipinski definition) is 1. The van der Waals surface area contributed by atoms with Gasteiger partial charge in [-0.3, -0.25) is 0 Å². The predicted octanol–water partition coefficient (Wildman–Crippen LogP) is 1.72. The van der Waals surface area contributed by atoms with Gasteiger partial charge < -0.3 is 10.2 Å². The van der Waals surface area contributed by atoms with Gasteiger partial charge in [-0.05, 0) is 76.0 Å². The third kappa shape index (κ3) is 2.54. The highest BCUT2D eigenvalue weighted by Gasteiger charge is 2.30. The summed E-state index contributed by atoms with van der Waals surface area (Å²) in [4.78, 5) is 2.72. The van der Waals surface area contributed by atoms with Gasteiger partial charge in [0.15, 0.2) is 0 Å². The smallest absolute Gasteiger partial charge is 0.000966 e. The molecule has 0 aromatic carbocycles. The van der Waals surface area contributed by atoms with Gasteiger partial charge in [0.2, 0.25) is 0 Å². The Morgan fingerprint density at radius 3 is 2.33 bits per heavy atom. The van der Waals surface area contributed by atoms with Crippen LogP contribution >= 0.6 is 0 Å². The maximum atomic E-state index is 3.51. The lowest BCUT2D eigenvalue weighted by Gasteiger charge is -2.34. The normalized spacial score (nSPS) is 34.8. The highest BCUT2D eigenvalue weighted by molar-refractivity contribution is 4.85. The number of rotatable bonds is 3. The molecule has 0 radical (unpaired) electrons. The second-order valence-corrected chi connectivity index (χ2v) is 5.83. The van der Waals surface area contributed by atoms with E-state index in [9.17, 15) is 0 Å². The second-order valence-electron chi connectivity index (χ2n) is 5.83. The van der Waals surface area contributed by atoms with E-state index in [1.165, 1.54) is 64.8 Å². The largest absolute Gasteiger partial charge is 0.316 e. The Hall–Kier alpha value is -0.0800. The maximum Gasteiger partial charge on any atom is 0.000966 e. The fourth-order valence-electron chi connectivity index (χ4n) is 3.35. The molecule has 1 unspecified atom stereocenters. The van der Waals surface area contributed by atoms with Crippen LogP contribution in [0.15, 0.2) is 0 Å². The minimum atomic E-state index is 1.01. The molecule has 1 atom stereocenters. The lowest BCUT2D eigenvalue weighted by Crippen LogP contribution is -2.37. The molecular weight excluding hydrogens is 184 g/mol. The van der Waals surface area contributed by atoms with Crippen molar-refractivity contribution in [3.05, 3.63) is 0 Å². The zero-order chi connectivity index (χ0) is 10.1. The van der Waals surface area contributed by atoms with Gasteiger partial charge in [0.1, 0.15) is 0 Å². The summed E-state index contributed by atoms with van der Waals surface area (Å²) in [5, 5.41) is 3.51. The molecule has 3 fully saturated rings. The van der Waals surface area contributed by atoms with Crippen LogP contribution in [0.4, 0.5) is 0 Å². The monoisotopic (exact) mass is 208 g/mol. The van der Waals surface area contributed by atoms with Gasteiger partial charge in [-0.2, -0.15) is 0 Å². The first-order chi connectivity index (χ1) is 7.42. The van der Waals surface area contributed by atoms with Crippen LogP contribution in [0.3, 0.4) is 0 Å². The number of likely N-dealkylation sites (tertiary alicyclic amines) is 1. The number of nitrogens with one attached hydrogen (secondary N) is 1. The van der Waals surface area contributed by atoms with Crippen LogP contribution in [0, 0.1) is 17.8 Å². The molecule has 0 spiro atoms. The van der Waals surface area contributed by atoms with Gasteiger partial charge in [0.25, 0.3) is 0 Å². The summed E-state index contributed by atoms with van der Waals surface area (Å²) >= 11 is 0. The van der Waals surface area contributed by atoms with E-state index in [0.29, 0.717) is 0 Å². The topological polar surface area (TPSA) is 15.3 Å². The summed E-state index contributed by atoms with van der Waals surface area (Å²) in [5.74, 6) is 3.12. The van der Waals surface area contributed by atoms with Gasteiger partial charge in [-0.25, -0.2) is 0 Å². The van der Waals surface area contributed by atoms with Crippen molar-refractivity contribution in [3.8, 4) is 0 Å². The molecule has 3 rings (SSSR count). The Kier molecular flexibility index (Phi) is 2.98. The van der Waals surface area contributed by atoms with E-state index < -0.39 is 0 Å². The molecule has 1 aliphatic carbocycles. The van der Waals surface area contributed by atoms with E-state index in [4.69, 9.17) is 0 Å². The van der Waals surface area contributed by atoms with Crippen molar-refractivity contribution in [3.63, 3.8) is 0 Å². The van der Waals surface area contributed by atoms with E-state index in [1.54, 1.807) is 0 Å². The third-order valence-corrected chi connectivity index (χ3v) is 4.61. The van der Waals surface area contributed by atoms with Crippen molar-refractivity contribution in [2.45, 2.75) is 32.1 Å². The number of hydrogen-bond acceptors (Lipinski definition) is 2. The van der Waals surface area contributed by atoms with E-state index in [-0.39, 0.29) is 0 Å². The average molecular weight is 208 g/mol. The van der Waals surface area contributed by atoms with Crippen LogP contribution in [0.2, 0.25) is 0 Å². The Balaban J connectivity index is 1.42. The first kappa shape index (κ1) is 10.1. The fourth-order valence-corrected chi connectivity index (χ4v) is 3.35. The van der Waals surface area contributed by atoms with Crippen molar-refractivity contribution in [2.24, 2.45) is 17.8 Å². The summed E-state index contributed by atoms with van der Waals surface area (Å²) in [7, 11) is 0. The predicted molar refractivity (Wildman–Crippen MR) is 62.9 cm³/mol. The van der Waals surface area contributed by atoms with Crippen molar-refractivity contribution in [1.82, 2.24) is 10.2 Å². The fraction of sp³-hybridized carbons (Fsp3) is 1.00. The Morgan fingerprint density at radius 2 is 1.73 bits per heavy atom. The van der Waals surface area contributed by atoms with E-state index in [0.717, 1.165) is 17.8 Å². The lowest BCUT2D eigenvalue weighted by atomic mass is 9.84. The number of piperidine rings is 1. The summed E-state index contributed by atoms with van der Waals surface area (Å²) in [6.07, 6.45) is 7.39. The maximum absolute atomic E-state index is 3.51. The molecule has 2 heteroatoms. The molecule has 15 heavy (non-hydrogen) atoms. The summed E-state index contributed by atoms with van der Waals surface area (Å²) in [6, 6.07) is 0. The van der Waals surface area contributed by atoms with Crippen LogP contribution in [-0.4, -0.2) is 37.6 Å². The third-order valence-electron chi connectivity index (χ3n) is 4.61. The molecule has 2 nitrogen and oxygen atoms in total. The average Bonchev–Trinajstić information content (AvgIpc) is 2.92. The minimum Gasteiger partial charge on any atom is -0.316 e. The van der Waals surface area contributed by atoms with E-state index >= 15 is 0 Å². The highest BCUT2D eigenvalue weighted by Crippen LogP contribution is 2.33. The van der Waals surface area contributed by atoms with Crippen LogP contribution in [0.25, 0.3) is 0 Å². The van der Waals surface area contributed by atoms with Gasteiger partial charge in [-0.15, -0.1) is 0 Å². The van der Waals surface area contributed by atoms with Crippen LogP contribution < -0.4 is 5.32 Å². The molecule has 0 amide bonds. The van der Waals surface area contributed by atoms with Crippen molar-refractivity contribution in [1.29, 1.82) is 0 Å². The van der Waals surface area contributed by atoms with Gasteiger partial charge in [0.05, 0.1) is 0 Å². The minimum absolute atomic E-state index is 1.01. The van der Waals surface area contributed by atoms with Crippen molar-refractivity contribution in [2.75, 3.05) is 32.7 Å². The molecular formula is C13H24N2. The molecule has 1 saturated carbocycles. The molecule has 1 N–H and O–H groups in total. The van der Waals surface area contributed by atoms with Gasteiger partial charge in [-0.1, -0.05) is 0 Å². The van der Waals surface area contributed by atoms with Gasteiger partial charge in [0, 0.05) is 6.54 Å².